The standard InChI is InChI=1S/C27H29N3O4S/c1-20-26(24-10-6-7-11-25(24)30(20)19-22-8-4-3-5-9-22)35(32,33)17-16-28-27(31)29-18-21-12-14-23(34-2)15-13-21/h3-15H,16-19H2,1-2H3,(H2,28,29,31). The summed E-state index contributed by atoms with van der Waals surface area (Å²) in [7, 11) is -2.04. The highest BCUT2D eigenvalue weighted by molar-refractivity contribution is 7.91. The van der Waals surface area contributed by atoms with E-state index in [0.717, 1.165) is 22.4 Å². The predicted molar refractivity (Wildman–Crippen MR) is 138 cm³/mol. The number of nitrogens with zero attached hydrogens (tertiary/aromatic N) is 1. The van der Waals surface area contributed by atoms with Gasteiger partial charge in [-0.3, -0.25) is 0 Å². The lowest BCUT2D eigenvalue weighted by Gasteiger charge is -2.10. The van der Waals surface area contributed by atoms with Crippen LogP contribution in [0, 0.1) is 6.92 Å². The number of aromatic nitrogens is 1. The number of nitrogens with one attached hydrogen (secondary N) is 2. The highest BCUT2D eigenvalue weighted by Gasteiger charge is 2.25. The Labute approximate surface area is 205 Å². The minimum atomic E-state index is -3.64. The maximum absolute atomic E-state index is 13.4. The molecule has 0 saturated carbocycles. The van der Waals surface area contributed by atoms with Gasteiger partial charge >= 0.3 is 6.03 Å². The lowest BCUT2D eigenvalue weighted by atomic mass is 10.2. The van der Waals surface area contributed by atoms with Crippen molar-refractivity contribution in [2.24, 2.45) is 0 Å². The van der Waals surface area contributed by atoms with E-state index in [1.165, 1.54) is 0 Å². The van der Waals surface area contributed by atoms with Crippen LogP contribution in [0.3, 0.4) is 0 Å². The number of fused-ring (bicyclic) bond motifs is 1. The van der Waals surface area contributed by atoms with Crippen molar-refractivity contribution in [3.05, 3.63) is 95.7 Å². The molecule has 0 atom stereocenters. The number of urea groups is 1. The number of amides is 2. The Kier molecular flexibility index (Phi) is 7.41. The fourth-order valence-electron chi connectivity index (χ4n) is 4.15. The third-order valence-corrected chi connectivity index (χ3v) is 7.81. The first-order valence-electron chi connectivity index (χ1n) is 11.4. The Balaban J connectivity index is 1.43. The molecule has 0 unspecified atom stereocenters. The number of carbonyl (C=O) groups is 1. The van der Waals surface area contributed by atoms with Crippen molar-refractivity contribution < 1.29 is 17.9 Å². The summed E-state index contributed by atoms with van der Waals surface area (Å²) < 4.78 is 33.9. The number of hydrogen-bond acceptors (Lipinski definition) is 4. The Morgan fingerprint density at radius 2 is 1.57 bits per heavy atom. The van der Waals surface area contributed by atoms with Gasteiger partial charge in [-0.2, -0.15) is 0 Å². The van der Waals surface area contributed by atoms with E-state index in [4.69, 9.17) is 4.74 Å². The second-order valence-corrected chi connectivity index (χ2v) is 10.3. The van der Waals surface area contributed by atoms with Crippen LogP contribution in [0.1, 0.15) is 16.8 Å². The summed E-state index contributed by atoms with van der Waals surface area (Å²) >= 11 is 0. The molecule has 0 radical (unpaired) electrons. The SMILES string of the molecule is COc1ccc(CNC(=O)NCCS(=O)(=O)c2c(C)n(Cc3ccccc3)c3ccccc23)cc1. The number of para-hydroxylation sites is 1. The monoisotopic (exact) mass is 491 g/mol. The van der Waals surface area contributed by atoms with Gasteiger partial charge in [0.2, 0.25) is 0 Å². The van der Waals surface area contributed by atoms with Crippen LogP contribution in [0.15, 0.2) is 83.8 Å². The summed E-state index contributed by atoms with van der Waals surface area (Å²) in [6.07, 6.45) is 0. The fraction of sp³-hybridized carbons (Fsp3) is 0.222. The second-order valence-electron chi connectivity index (χ2n) is 8.28. The smallest absolute Gasteiger partial charge is 0.315 e. The highest BCUT2D eigenvalue weighted by atomic mass is 32.2. The van der Waals surface area contributed by atoms with E-state index in [9.17, 15) is 13.2 Å². The molecule has 0 fully saturated rings. The molecule has 0 saturated heterocycles. The minimum Gasteiger partial charge on any atom is -0.497 e. The van der Waals surface area contributed by atoms with E-state index < -0.39 is 15.9 Å². The number of hydrogen-bond donors (Lipinski definition) is 2. The molecule has 35 heavy (non-hydrogen) atoms. The summed E-state index contributed by atoms with van der Waals surface area (Å²) in [6.45, 7) is 2.75. The zero-order valence-corrected chi connectivity index (χ0v) is 20.6. The van der Waals surface area contributed by atoms with Crippen molar-refractivity contribution in [3.63, 3.8) is 0 Å². The summed E-state index contributed by atoms with van der Waals surface area (Å²) in [5.41, 5.74) is 3.57. The molecule has 0 spiro atoms. The van der Waals surface area contributed by atoms with Crippen molar-refractivity contribution in [2.45, 2.75) is 24.9 Å². The topological polar surface area (TPSA) is 89.4 Å². The molecule has 0 aliphatic carbocycles. The van der Waals surface area contributed by atoms with Gasteiger partial charge in [0.25, 0.3) is 0 Å². The van der Waals surface area contributed by atoms with E-state index in [-0.39, 0.29) is 12.3 Å². The molecule has 8 heteroatoms. The first-order chi connectivity index (χ1) is 16.9. The van der Waals surface area contributed by atoms with Gasteiger partial charge in [-0.1, -0.05) is 60.7 Å². The van der Waals surface area contributed by atoms with Gasteiger partial charge in [0, 0.05) is 36.2 Å². The Bertz CT molecular complexity index is 1410. The molecule has 3 aromatic carbocycles. The van der Waals surface area contributed by atoms with Crippen LogP contribution < -0.4 is 15.4 Å². The molecular formula is C27H29N3O4S. The quantitative estimate of drug-likeness (QED) is 0.366. The molecule has 2 N–H and O–H groups in total. The number of ether oxygens (including phenoxy) is 1. The Morgan fingerprint density at radius 1 is 0.886 bits per heavy atom. The third kappa shape index (κ3) is 5.66. The molecule has 1 aromatic heterocycles. The summed E-state index contributed by atoms with van der Waals surface area (Å²) in [6, 6.07) is 24.4. The summed E-state index contributed by atoms with van der Waals surface area (Å²) in [4.78, 5) is 12.5. The van der Waals surface area contributed by atoms with Crippen LogP contribution in [0.4, 0.5) is 4.79 Å². The first kappa shape index (κ1) is 24.3. The normalized spacial score (nSPS) is 11.4. The molecule has 0 aliphatic rings. The molecule has 0 bridgehead atoms. The molecule has 182 valence electrons. The summed E-state index contributed by atoms with van der Waals surface area (Å²) in [5.74, 6) is 0.548. The zero-order chi connectivity index (χ0) is 24.8. The fourth-order valence-corrected chi connectivity index (χ4v) is 5.79. The van der Waals surface area contributed by atoms with Crippen LogP contribution in [-0.4, -0.2) is 38.4 Å². The number of methoxy groups -OCH3 is 1. The van der Waals surface area contributed by atoms with Gasteiger partial charge in [0.1, 0.15) is 5.75 Å². The van der Waals surface area contributed by atoms with Crippen molar-refractivity contribution in [2.75, 3.05) is 19.4 Å². The van der Waals surface area contributed by atoms with E-state index in [0.29, 0.717) is 29.1 Å². The van der Waals surface area contributed by atoms with Gasteiger partial charge in [-0.15, -0.1) is 0 Å². The van der Waals surface area contributed by atoms with Gasteiger partial charge in [0.05, 0.1) is 17.8 Å². The van der Waals surface area contributed by atoms with Crippen molar-refractivity contribution in [1.29, 1.82) is 0 Å². The second kappa shape index (κ2) is 10.7. The van der Waals surface area contributed by atoms with Crippen molar-refractivity contribution in [3.8, 4) is 5.75 Å². The maximum atomic E-state index is 13.4. The Hall–Kier alpha value is -3.78. The average molecular weight is 492 g/mol. The molecule has 1 heterocycles. The van der Waals surface area contributed by atoms with Crippen LogP contribution in [0.2, 0.25) is 0 Å². The molecule has 4 aromatic rings. The zero-order valence-electron chi connectivity index (χ0n) is 19.8. The number of benzene rings is 3. The minimum absolute atomic E-state index is 0.00834. The van der Waals surface area contributed by atoms with Gasteiger partial charge in [-0.05, 0) is 36.2 Å². The third-order valence-electron chi connectivity index (χ3n) is 5.94. The van der Waals surface area contributed by atoms with Gasteiger partial charge < -0.3 is 19.9 Å². The average Bonchev–Trinajstić information content (AvgIpc) is 3.15. The lowest BCUT2D eigenvalue weighted by molar-refractivity contribution is 0.241. The largest absolute Gasteiger partial charge is 0.497 e. The predicted octanol–water partition coefficient (Wildman–Crippen LogP) is 4.28. The molecular weight excluding hydrogens is 462 g/mol. The van der Waals surface area contributed by atoms with Crippen LogP contribution >= 0.6 is 0 Å². The van der Waals surface area contributed by atoms with E-state index in [1.54, 1.807) is 7.11 Å². The number of rotatable bonds is 9. The number of carbonyl (C=O) groups excluding carboxylic acids is 1. The van der Waals surface area contributed by atoms with E-state index >= 15 is 0 Å². The maximum Gasteiger partial charge on any atom is 0.315 e. The van der Waals surface area contributed by atoms with Crippen molar-refractivity contribution >= 4 is 26.8 Å². The highest BCUT2D eigenvalue weighted by Crippen LogP contribution is 2.31. The van der Waals surface area contributed by atoms with E-state index in [2.05, 4.69) is 10.6 Å². The summed E-state index contributed by atoms with van der Waals surface area (Å²) in [5, 5.41) is 6.10. The van der Waals surface area contributed by atoms with Crippen LogP contribution in [0.25, 0.3) is 10.9 Å². The van der Waals surface area contributed by atoms with Crippen molar-refractivity contribution in [1.82, 2.24) is 15.2 Å². The van der Waals surface area contributed by atoms with Gasteiger partial charge in [0.15, 0.2) is 9.84 Å². The molecule has 7 nitrogen and oxygen atoms in total. The van der Waals surface area contributed by atoms with Crippen LogP contribution in [0.5, 0.6) is 5.75 Å². The molecule has 4 rings (SSSR count). The van der Waals surface area contributed by atoms with Crippen LogP contribution in [-0.2, 0) is 22.9 Å². The number of sulfone groups is 1. The Morgan fingerprint density at radius 3 is 2.29 bits per heavy atom. The van der Waals surface area contributed by atoms with E-state index in [1.807, 2.05) is 90.4 Å². The first-order valence-corrected chi connectivity index (χ1v) is 13.0. The lowest BCUT2D eigenvalue weighted by Crippen LogP contribution is -2.37. The van der Waals surface area contributed by atoms with Gasteiger partial charge in [-0.25, -0.2) is 13.2 Å². The molecule has 0 aliphatic heterocycles. The molecule has 2 amide bonds.